The molecular formula is C20H21FN2O3. The predicted molar refractivity (Wildman–Crippen MR) is 95.1 cm³/mol. The minimum Gasteiger partial charge on any atom is -0.497 e. The lowest BCUT2D eigenvalue weighted by molar-refractivity contribution is -0.126. The zero-order chi connectivity index (χ0) is 18.5. The lowest BCUT2D eigenvalue weighted by atomic mass is 10.1. The van der Waals surface area contributed by atoms with Crippen molar-refractivity contribution in [2.45, 2.75) is 18.9 Å². The van der Waals surface area contributed by atoms with E-state index in [4.69, 9.17) is 4.74 Å². The Morgan fingerprint density at radius 3 is 2.54 bits per heavy atom. The molecule has 2 aromatic rings. The monoisotopic (exact) mass is 356 g/mol. The van der Waals surface area contributed by atoms with Gasteiger partial charge in [0.2, 0.25) is 11.8 Å². The van der Waals surface area contributed by atoms with Crippen molar-refractivity contribution in [2.75, 3.05) is 13.7 Å². The number of nitrogens with one attached hydrogen (secondary N) is 2. The molecule has 0 radical (unpaired) electrons. The number of methoxy groups -OCH3 is 1. The van der Waals surface area contributed by atoms with Crippen LogP contribution in [0.4, 0.5) is 4.39 Å². The van der Waals surface area contributed by atoms with E-state index < -0.39 is 0 Å². The topological polar surface area (TPSA) is 67.4 Å². The van der Waals surface area contributed by atoms with Gasteiger partial charge in [0.05, 0.1) is 13.7 Å². The van der Waals surface area contributed by atoms with Gasteiger partial charge in [0, 0.05) is 12.5 Å². The van der Waals surface area contributed by atoms with Crippen molar-refractivity contribution >= 4 is 11.8 Å². The number of carbonyl (C=O) groups is 2. The second-order valence-corrected chi connectivity index (χ2v) is 6.31. The second kappa shape index (κ2) is 7.99. The fourth-order valence-electron chi connectivity index (χ4n) is 2.91. The van der Waals surface area contributed by atoms with Gasteiger partial charge in [-0.1, -0.05) is 30.3 Å². The number of rotatable bonds is 7. The van der Waals surface area contributed by atoms with Gasteiger partial charge >= 0.3 is 0 Å². The summed E-state index contributed by atoms with van der Waals surface area (Å²) in [5.41, 5.74) is 1.50. The molecule has 0 spiro atoms. The molecule has 0 heterocycles. The average molecular weight is 356 g/mol. The van der Waals surface area contributed by atoms with Crippen molar-refractivity contribution in [3.05, 3.63) is 65.5 Å². The quantitative estimate of drug-likeness (QED) is 0.800. The van der Waals surface area contributed by atoms with Gasteiger partial charge in [0.15, 0.2) is 0 Å². The highest BCUT2D eigenvalue weighted by Gasteiger charge is 2.45. The number of carbonyl (C=O) groups excluding carboxylic acids is 2. The summed E-state index contributed by atoms with van der Waals surface area (Å²) in [4.78, 5) is 24.0. The van der Waals surface area contributed by atoms with Crippen molar-refractivity contribution in [1.29, 1.82) is 0 Å². The van der Waals surface area contributed by atoms with Gasteiger partial charge in [-0.15, -0.1) is 0 Å². The molecule has 2 N–H and O–H groups in total. The van der Waals surface area contributed by atoms with Gasteiger partial charge in [-0.25, -0.2) is 4.39 Å². The maximum absolute atomic E-state index is 13.7. The Kier molecular flexibility index (Phi) is 5.51. The summed E-state index contributed by atoms with van der Waals surface area (Å²) < 4.78 is 18.8. The van der Waals surface area contributed by atoms with E-state index in [2.05, 4.69) is 10.6 Å². The molecule has 136 valence electrons. The molecule has 1 saturated carbocycles. The van der Waals surface area contributed by atoms with Gasteiger partial charge in [-0.2, -0.15) is 0 Å². The van der Waals surface area contributed by atoms with Crippen molar-refractivity contribution in [3.8, 4) is 5.75 Å². The van der Waals surface area contributed by atoms with E-state index in [-0.39, 0.29) is 36.0 Å². The Labute approximate surface area is 151 Å². The lowest BCUT2D eigenvalue weighted by Crippen LogP contribution is -2.37. The lowest BCUT2D eigenvalue weighted by Gasteiger charge is -2.08. The molecule has 0 aliphatic heterocycles. The van der Waals surface area contributed by atoms with E-state index in [1.54, 1.807) is 25.3 Å². The molecule has 1 aliphatic carbocycles. The number of halogens is 1. The Bertz CT molecular complexity index is 792. The van der Waals surface area contributed by atoms with Gasteiger partial charge in [0.25, 0.3) is 0 Å². The third-order valence-electron chi connectivity index (χ3n) is 4.50. The van der Waals surface area contributed by atoms with Gasteiger partial charge in [-0.3, -0.25) is 9.59 Å². The molecule has 5 nitrogen and oxygen atoms in total. The van der Waals surface area contributed by atoms with Crippen LogP contribution < -0.4 is 15.4 Å². The molecule has 0 saturated heterocycles. The SMILES string of the molecule is COc1ccc(CNC(=O)CNC(=O)C2CC2c2ccccc2F)cc1. The highest BCUT2D eigenvalue weighted by Crippen LogP contribution is 2.48. The molecule has 2 amide bonds. The van der Waals surface area contributed by atoms with Gasteiger partial charge < -0.3 is 15.4 Å². The first-order chi connectivity index (χ1) is 12.6. The molecule has 0 bridgehead atoms. The summed E-state index contributed by atoms with van der Waals surface area (Å²) >= 11 is 0. The minimum atomic E-state index is -0.287. The van der Waals surface area contributed by atoms with Crippen LogP contribution in [0.3, 0.4) is 0 Å². The van der Waals surface area contributed by atoms with Crippen LogP contribution in [0.25, 0.3) is 0 Å². The Morgan fingerprint density at radius 2 is 1.85 bits per heavy atom. The highest BCUT2D eigenvalue weighted by molar-refractivity contribution is 5.87. The van der Waals surface area contributed by atoms with Crippen LogP contribution in [0, 0.1) is 11.7 Å². The third kappa shape index (κ3) is 4.39. The fourth-order valence-corrected chi connectivity index (χ4v) is 2.91. The molecule has 1 aliphatic rings. The van der Waals surface area contributed by atoms with Crippen LogP contribution in [0.5, 0.6) is 5.75 Å². The molecule has 6 heteroatoms. The largest absolute Gasteiger partial charge is 0.497 e. The van der Waals surface area contributed by atoms with E-state index in [1.807, 2.05) is 24.3 Å². The van der Waals surface area contributed by atoms with Gasteiger partial charge in [-0.05, 0) is 41.7 Å². The number of amides is 2. The normalized spacial score (nSPS) is 18.1. The van der Waals surface area contributed by atoms with Crippen LogP contribution in [-0.2, 0) is 16.1 Å². The standard InChI is InChI=1S/C20H21FN2O3/c1-26-14-8-6-13(7-9-14)11-22-19(24)12-23-20(25)17-10-16(17)15-4-2-3-5-18(15)21/h2-9,16-17H,10-12H2,1H3,(H,22,24)(H,23,25). The van der Waals surface area contributed by atoms with E-state index in [9.17, 15) is 14.0 Å². The molecule has 1 fully saturated rings. The number of hydrogen-bond donors (Lipinski definition) is 2. The summed E-state index contributed by atoms with van der Waals surface area (Å²) in [5, 5.41) is 5.37. The summed E-state index contributed by atoms with van der Waals surface area (Å²) in [5.74, 6) is -0.374. The summed E-state index contributed by atoms with van der Waals surface area (Å²) in [7, 11) is 1.59. The van der Waals surface area contributed by atoms with Crippen LogP contribution >= 0.6 is 0 Å². The van der Waals surface area contributed by atoms with Crippen LogP contribution in [-0.4, -0.2) is 25.5 Å². The van der Waals surface area contributed by atoms with Crippen LogP contribution in [0.15, 0.2) is 48.5 Å². The molecular weight excluding hydrogens is 335 g/mol. The molecule has 2 unspecified atom stereocenters. The Balaban J connectivity index is 1.40. The summed E-state index contributed by atoms with van der Waals surface area (Å²) in [6.07, 6.45) is 0.611. The first-order valence-electron chi connectivity index (χ1n) is 8.50. The second-order valence-electron chi connectivity index (χ2n) is 6.31. The Morgan fingerprint density at radius 1 is 1.12 bits per heavy atom. The molecule has 3 rings (SSSR count). The maximum Gasteiger partial charge on any atom is 0.239 e. The van der Waals surface area contributed by atoms with E-state index >= 15 is 0 Å². The van der Waals surface area contributed by atoms with Gasteiger partial charge in [0.1, 0.15) is 11.6 Å². The molecule has 0 aromatic heterocycles. The number of benzene rings is 2. The fraction of sp³-hybridized carbons (Fsp3) is 0.300. The first-order valence-corrected chi connectivity index (χ1v) is 8.50. The zero-order valence-electron chi connectivity index (χ0n) is 14.5. The van der Waals surface area contributed by atoms with E-state index in [1.165, 1.54) is 6.07 Å². The van der Waals surface area contributed by atoms with Crippen molar-refractivity contribution < 1.29 is 18.7 Å². The highest BCUT2D eigenvalue weighted by atomic mass is 19.1. The predicted octanol–water partition coefficient (Wildman–Crippen LogP) is 2.37. The van der Waals surface area contributed by atoms with E-state index in [0.29, 0.717) is 18.5 Å². The van der Waals surface area contributed by atoms with Crippen LogP contribution in [0.2, 0.25) is 0 Å². The van der Waals surface area contributed by atoms with Crippen molar-refractivity contribution in [2.24, 2.45) is 5.92 Å². The maximum atomic E-state index is 13.7. The first kappa shape index (κ1) is 17.9. The Hall–Kier alpha value is -2.89. The minimum absolute atomic E-state index is 0.0878. The van der Waals surface area contributed by atoms with E-state index in [0.717, 1.165) is 11.3 Å². The molecule has 2 aromatic carbocycles. The van der Waals surface area contributed by atoms with Crippen LogP contribution in [0.1, 0.15) is 23.5 Å². The molecule has 26 heavy (non-hydrogen) atoms. The average Bonchev–Trinajstić information content (AvgIpc) is 3.46. The molecule has 2 atom stereocenters. The van der Waals surface area contributed by atoms with Crippen molar-refractivity contribution in [3.63, 3.8) is 0 Å². The smallest absolute Gasteiger partial charge is 0.239 e. The number of hydrogen-bond acceptors (Lipinski definition) is 3. The van der Waals surface area contributed by atoms with Crippen molar-refractivity contribution in [1.82, 2.24) is 10.6 Å². The zero-order valence-corrected chi connectivity index (χ0v) is 14.5. The summed E-state index contributed by atoms with van der Waals surface area (Å²) in [6, 6.07) is 13.9. The number of ether oxygens (including phenoxy) is 1. The third-order valence-corrected chi connectivity index (χ3v) is 4.50. The summed E-state index contributed by atoms with van der Waals surface area (Å²) in [6.45, 7) is 0.287.